The molecule has 2 amide bonds. The SMILES string of the molecule is COC(=O)C1=C(CS(=O)(=O)c2cc(C)ccc2C)NC(=O)N[C@H]1c1ccc(C)cc1. The second kappa shape index (κ2) is 8.31. The minimum Gasteiger partial charge on any atom is -0.466 e. The summed E-state index contributed by atoms with van der Waals surface area (Å²) in [5, 5.41) is 5.19. The largest absolute Gasteiger partial charge is 0.466 e. The van der Waals surface area contributed by atoms with E-state index in [4.69, 9.17) is 4.74 Å². The first kappa shape index (κ1) is 21.6. The first-order chi connectivity index (χ1) is 14.1. The Balaban J connectivity index is 2.12. The minimum absolute atomic E-state index is 0.0112. The van der Waals surface area contributed by atoms with Gasteiger partial charge >= 0.3 is 12.0 Å². The van der Waals surface area contributed by atoms with Crippen molar-refractivity contribution in [2.24, 2.45) is 0 Å². The monoisotopic (exact) mass is 428 g/mol. The Hall–Kier alpha value is -3.13. The van der Waals surface area contributed by atoms with E-state index in [1.54, 1.807) is 38.1 Å². The second-order valence-corrected chi connectivity index (χ2v) is 9.31. The van der Waals surface area contributed by atoms with Gasteiger partial charge in [0.25, 0.3) is 0 Å². The van der Waals surface area contributed by atoms with Crippen LogP contribution >= 0.6 is 0 Å². The summed E-state index contributed by atoms with van der Waals surface area (Å²) in [7, 11) is -2.61. The molecule has 158 valence electrons. The molecule has 0 aromatic heterocycles. The predicted octanol–water partition coefficient (Wildman–Crippen LogP) is 2.87. The Morgan fingerprint density at radius 3 is 2.30 bits per heavy atom. The zero-order valence-electron chi connectivity index (χ0n) is 17.3. The zero-order valence-corrected chi connectivity index (χ0v) is 18.1. The van der Waals surface area contributed by atoms with Crippen LogP contribution in [0.4, 0.5) is 4.79 Å². The van der Waals surface area contributed by atoms with Crippen LogP contribution in [0.5, 0.6) is 0 Å². The van der Waals surface area contributed by atoms with Gasteiger partial charge in [-0.05, 0) is 43.5 Å². The van der Waals surface area contributed by atoms with Crippen LogP contribution in [0.1, 0.15) is 28.3 Å². The van der Waals surface area contributed by atoms with Crippen LogP contribution in [0, 0.1) is 20.8 Å². The molecule has 2 N–H and O–H groups in total. The normalized spacial score (nSPS) is 16.7. The molecule has 0 saturated heterocycles. The quantitative estimate of drug-likeness (QED) is 0.713. The van der Waals surface area contributed by atoms with E-state index in [0.717, 1.165) is 11.1 Å². The summed E-state index contributed by atoms with van der Waals surface area (Å²) in [4.78, 5) is 25.1. The zero-order chi connectivity index (χ0) is 22.1. The van der Waals surface area contributed by atoms with Crippen molar-refractivity contribution in [3.05, 3.63) is 76.0 Å². The van der Waals surface area contributed by atoms with E-state index in [-0.39, 0.29) is 16.2 Å². The van der Waals surface area contributed by atoms with Crippen LogP contribution in [0.15, 0.2) is 58.6 Å². The van der Waals surface area contributed by atoms with Crippen molar-refractivity contribution in [1.82, 2.24) is 10.6 Å². The molecule has 0 radical (unpaired) electrons. The van der Waals surface area contributed by atoms with Crippen LogP contribution in [0.3, 0.4) is 0 Å². The van der Waals surface area contributed by atoms with Crippen LogP contribution in [0.2, 0.25) is 0 Å². The molecule has 0 fully saturated rings. The second-order valence-electron chi connectivity index (χ2n) is 7.35. The van der Waals surface area contributed by atoms with E-state index >= 15 is 0 Å². The van der Waals surface area contributed by atoms with Gasteiger partial charge in [-0.25, -0.2) is 18.0 Å². The maximum Gasteiger partial charge on any atom is 0.338 e. The number of sulfone groups is 1. The first-order valence-corrected chi connectivity index (χ1v) is 11.0. The number of urea groups is 1. The number of esters is 1. The maximum atomic E-state index is 13.2. The van der Waals surface area contributed by atoms with E-state index in [1.165, 1.54) is 7.11 Å². The average molecular weight is 429 g/mol. The Morgan fingerprint density at radius 1 is 1.03 bits per heavy atom. The third-order valence-electron chi connectivity index (χ3n) is 4.98. The van der Waals surface area contributed by atoms with Crippen molar-refractivity contribution in [3.63, 3.8) is 0 Å². The molecular weight excluding hydrogens is 404 g/mol. The molecule has 0 aliphatic carbocycles. The molecule has 1 aliphatic rings. The van der Waals surface area contributed by atoms with E-state index in [9.17, 15) is 18.0 Å². The fourth-order valence-corrected chi connectivity index (χ4v) is 5.09. The summed E-state index contributed by atoms with van der Waals surface area (Å²) >= 11 is 0. The number of carbonyl (C=O) groups excluding carboxylic acids is 2. The van der Waals surface area contributed by atoms with Gasteiger partial charge < -0.3 is 15.4 Å². The van der Waals surface area contributed by atoms with Gasteiger partial charge in [0.2, 0.25) is 0 Å². The van der Waals surface area contributed by atoms with Crippen molar-refractivity contribution >= 4 is 21.8 Å². The summed E-state index contributed by atoms with van der Waals surface area (Å²) in [5.74, 6) is -1.24. The third kappa shape index (κ3) is 4.38. The number of benzene rings is 2. The fourth-order valence-electron chi connectivity index (χ4n) is 3.40. The van der Waals surface area contributed by atoms with Gasteiger partial charge in [-0.15, -0.1) is 0 Å². The molecule has 3 rings (SSSR count). The molecule has 0 spiro atoms. The molecule has 1 heterocycles. The summed E-state index contributed by atoms with van der Waals surface area (Å²) in [5.41, 5.74) is 3.13. The highest BCUT2D eigenvalue weighted by molar-refractivity contribution is 7.91. The van der Waals surface area contributed by atoms with Gasteiger partial charge in [0, 0.05) is 5.70 Å². The highest BCUT2D eigenvalue weighted by Gasteiger charge is 2.35. The summed E-state index contributed by atoms with van der Waals surface area (Å²) in [6.45, 7) is 5.43. The standard InChI is InChI=1S/C22H24N2O5S/c1-13-6-9-16(10-7-13)20-19(21(25)29-4)17(23-22(26)24-20)12-30(27,28)18-11-14(2)5-8-15(18)3/h5-11,20H,12H2,1-4H3,(H2,23,24,26)/t20-/m0/s1. The highest BCUT2D eigenvalue weighted by Crippen LogP contribution is 2.30. The Morgan fingerprint density at radius 2 is 1.67 bits per heavy atom. The van der Waals surface area contributed by atoms with E-state index in [0.29, 0.717) is 11.1 Å². The molecule has 2 aromatic carbocycles. The Kier molecular flexibility index (Phi) is 5.98. The molecule has 2 aromatic rings. The molecule has 0 unspecified atom stereocenters. The number of hydrogen-bond donors (Lipinski definition) is 2. The van der Waals surface area contributed by atoms with Crippen LogP contribution in [0.25, 0.3) is 0 Å². The van der Waals surface area contributed by atoms with E-state index in [2.05, 4.69) is 10.6 Å². The Bertz CT molecular complexity index is 1130. The number of aryl methyl sites for hydroxylation is 3. The van der Waals surface area contributed by atoms with Crippen LogP contribution in [-0.2, 0) is 19.4 Å². The molecule has 7 nitrogen and oxygen atoms in total. The summed E-state index contributed by atoms with van der Waals surface area (Å²) in [6.07, 6.45) is 0. The number of methoxy groups -OCH3 is 1. The lowest BCUT2D eigenvalue weighted by molar-refractivity contribution is -0.136. The molecule has 1 aliphatic heterocycles. The van der Waals surface area contributed by atoms with Crippen molar-refractivity contribution in [2.45, 2.75) is 31.7 Å². The number of nitrogens with one attached hydrogen (secondary N) is 2. The summed E-state index contributed by atoms with van der Waals surface area (Å²) < 4.78 is 31.2. The molecule has 0 bridgehead atoms. The van der Waals surface area contributed by atoms with Crippen LogP contribution in [-0.4, -0.2) is 33.3 Å². The minimum atomic E-state index is -3.83. The third-order valence-corrected chi connectivity index (χ3v) is 6.76. The summed E-state index contributed by atoms with van der Waals surface area (Å²) in [6, 6.07) is 11.0. The first-order valence-electron chi connectivity index (χ1n) is 9.38. The molecule has 30 heavy (non-hydrogen) atoms. The predicted molar refractivity (Wildman–Crippen MR) is 113 cm³/mol. The highest BCUT2D eigenvalue weighted by atomic mass is 32.2. The molecular formula is C22H24N2O5S. The molecule has 1 atom stereocenters. The average Bonchev–Trinajstić information content (AvgIpc) is 2.69. The lowest BCUT2D eigenvalue weighted by Crippen LogP contribution is -2.47. The van der Waals surface area contributed by atoms with Gasteiger partial charge in [0.05, 0.1) is 29.4 Å². The topological polar surface area (TPSA) is 102 Å². The van der Waals surface area contributed by atoms with Crippen molar-refractivity contribution < 1.29 is 22.7 Å². The number of carbonyl (C=O) groups is 2. The number of ether oxygens (including phenoxy) is 1. The van der Waals surface area contributed by atoms with Gasteiger partial charge in [-0.2, -0.15) is 0 Å². The molecule has 8 heteroatoms. The van der Waals surface area contributed by atoms with E-state index < -0.39 is 33.6 Å². The van der Waals surface area contributed by atoms with Gasteiger partial charge in [0.15, 0.2) is 9.84 Å². The maximum absolute atomic E-state index is 13.2. The lowest BCUT2D eigenvalue weighted by Gasteiger charge is -2.29. The Labute approximate surface area is 176 Å². The van der Waals surface area contributed by atoms with Gasteiger partial charge in [0.1, 0.15) is 0 Å². The van der Waals surface area contributed by atoms with Gasteiger partial charge in [-0.3, -0.25) is 0 Å². The lowest BCUT2D eigenvalue weighted by atomic mass is 9.95. The van der Waals surface area contributed by atoms with Crippen molar-refractivity contribution in [3.8, 4) is 0 Å². The molecule has 0 saturated carbocycles. The fraction of sp³-hybridized carbons (Fsp3) is 0.273. The van der Waals surface area contributed by atoms with Crippen molar-refractivity contribution in [2.75, 3.05) is 12.9 Å². The van der Waals surface area contributed by atoms with Crippen LogP contribution < -0.4 is 10.6 Å². The van der Waals surface area contributed by atoms with E-state index in [1.807, 2.05) is 25.1 Å². The number of rotatable bonds is 5. The van der Waals surface area contributed by atoms with Gasteiger partial charge in [-0.1, -0.05) is 42.0 Å². The van der Waals surface area contributed by atoms with Crippen molar-refractivity contribution in [1.29, 1.82) is 0 Å². The smallest absolute Gasteiger partial charge is 0.338 e. The number of amides is 2. The number of hydrogen-bond acceptors (Lipinski definition) is 5.